The molecule has 1 aromatic heterocycles. The first-order valence-corrected chi connectivity index (χ1v) is 9.18. The summed E-state index contributed by atoms with van der Waals surface area (Å²) >= 11 is 0. The zero-order valence-electron chi connectivity index (χ0n) is 16.4. The molecule has 7 nitrogen and oxygen atoms in total. The number of carbonyl (C=O) groups is 3. The van der Waals surface area contributed by atoms with E-state index in [1.165, 1.54) is 0 Å². The molecule has 1 aliphatic heterocycles. The third-order valence-electron chi connectivity index (χ3n) is 4.66. The van der Waals surface area contributed by atoms with Crippen molar-refractivity contribution < 1.29 is 19.1 Å². The summed E-state index contributed by atoms with van der Waals surface area (Å²) < 4.78 is 7.07. The van der Waals surface area contributed by atoms with Gasteiger partial charge in [0, 0.05) is 23.6 Å². The summed E-state index contributed by atoms with van der Waals surface area (Å²) in [5.74, 6) is -0.699. The van der Waals surface area contributed by atoms with Crippen LogP contribution in [0.15, 0.2) is 36.0 Å². The second kappa shape index (κ2) is 7.72. The molecule has 0 atom stereocenters. The number of carbonyl (C=O) groups excluding carboxylic acids is 3. The van der Waals surface area contributed by atoms with Crippen LogP contribution < -0.4 is 5.32 Å². The van der Waals surface area contributed by atoms with Gasteiger partial charge in [0.25, 0.3) is 5.91 Å². The summed E-state index contributed by atoms with van der Waals surface area (Å²) in [7, 11) is 0. The minimum Gasteiger partial charge on any atom is -0.462 e. The predicted molar refractivity (Wildman–Crippen MR) is 105 cm³/mol. The molecular formula is C21H23N3O4. The highest BCUT2D eigenvalue weighted by molar-refractivity contribution is 6.14. The molecule has 0 unspecified atom stereocenters. The molecule has 1 aromatic carbocycles. The topological polar surface area (TPSA) is 80.6 Å². The van der Waals surface area contributed by atoms with Crippen LogP contribution in [0.25, 0.3) is 11.8 Å². The largest absolute Gasteiger partial charge is 0.462 e. The predicted octanol–water partition coefficient (Wildman–Crippen LogP) is 3.18. The summed E-state index contributed by atoms with van der Waals surface area (Å²) in [6.45, 7) is 8.03. The van der Waals surface area contributed by atoms with Crippen molar-refractivity contribution in [1.29, 1.82) is 0 Å². The van der Waals surface area contributed by atoms with Crippen LogP contribution in [0, 0.1) is 13.8 Å². The van der Waals surface area contributed by atoms with Crippen LogP contribution in [0.3, 0.4) is 0 Å². The van der Waals surface area contributed by atoms with E-state index < -0.39 is 6.03 Å². The van der Waals surface area contributed by atoms with E-state index >= 15 is 0 Å². The molecule has 2 heterocycles. The maximum absolute atomic E-state index is 12.3. The highest BCUT2D eigenvalue weighted by atomic mass is 16.5. The summed E-state index contributed by atoms with van der Waals surface area (Å²) in [6.07, 6.45) is 1.68. The van der Waals surface area contributed by atoms with Crippen molar-refractivity contribution in [2.45, 2.75) is 27.7 Å². The summed E-state index contributed by atoms with van der Waals surface area (Å²) in [5.41, 5.74) is 4.20. The van der Waals surface area contributed by atoms with Gasteiger partial charge >= 0.3 is 12.0 Å². The van der Waals surface area contributed by atoms with Crippen molar-refractivity contribution in [1.82, 2.24) is 14.8 Å². The normalized spacial score (nSPS) is 15.3. The van der Waals surface area contributed by atoms with Gasteiger partial charge in [-0.3, -0.25) is 9.69 Å². The maximum atomic E-state index is 12.3. The summed E-state index contributed by atoms with van der Waals surface area (Å²) in [6, 6.07) is 8.72. The third-order valence-corrected chi connectivity index (χ3v) is 4.66. The van der Waals surface area contributed by atoms with Crippen LogP contribution in [0.2, 0.25) is 0 Å². The molecule has 1 aliphatic rings. The summed E-state index contributed by atoms with van der Waals surface area (Å²) in [5, 5.41) is 2.62. The summed E-state index contributed by atoms with van der Waals surface area (Å²) in [4.78, 5) is 37.4. The van der Waals surface area contributed by atoms with Crippen molar-refractivity contribution >= 4 is 24.0 Å². The van der Waals surface area contributed by atoms with Crippen LogP contribution in [0.4, 0.5) is 4.79 Å². The monoisotopic (exact) mass is 381 g/mol. The number of urea groups is 1. The highest BCUT2D eigenvalue weighted by Crippen LogP contribution is 2.24. The number of hydrogen-bond acceptors (Lipinski definition) is 4. The quantitative estimate of drug-likeness (QED) is 0.490. The molecule has 3 rings (SSSR count). The molecule has 1 fully saturated rings. The van der Waals surface area contributed by atoms with Crippen molar-refractivity contribution in [3.8, 4) is 5.69 Å². The van der Waals surface area contributed by atoms with Crippen molar-refractivity contribution in [2.75, 3.05) is 13.2 Å². The average Bonchev–Trinajstić information content (AvgIpc) is 3.10. The van der Waals surface area contributed by atoms with Gasteiger partial charge in [-0.2, -0.15) is 0 Å². The molecule has 146 valence electrons. The lowest BCUT2D eigenvalue weighted by Gasteiger charge is -2.11. The van der Waals surface area contributed by atoms with Crippen LogP contribution in [-0.2, 0) is 9.53 Å². The SMILES string of the molecule is CCOC(=O)c1cccc(-n2c(C)cc(/C=C3/NC(=O)N(CC)C3=O)c2C)c1. The number of aromatic nitrogens is 1. The number of imide groups is 1. The fraction of sp³-hybridized carbons (Fsp3) is 0.286. The molecular weight excluding hydrogens is 358 g/mol. The lowest BCUT2D eigenvalue weighted by molar-refractivity contribution is -0.122. The number of esters is 1. The van der Waals surface area contributed by atoms with Gasteiger partial charge in [-0.05, 0) is 63.6 Å². The van der Waals surface area contributed by atoms with E-state index in [2.05, 4.69) is 5.32 Å². The van der Waals surface area contributed by atoms with Gasteiger partial charge in [-0.1, -0.05) is 6.07 Å². The first kappa shape index (κ1) is 19.4. The minimum absolute atomic E-state index is 0.257. The Morgan fingerprint density at radius 2 is 1.93 bits per heavy atom. The van der Waals surface area contributed by atoms with Gasteiger partial charge in [-0.15, -0.1) is 0 Å². The number of rotatable bonds is 5. The van der Waals surface area contributed by atoms with Gasteiger partial charge in [-0.25, -0.2) is 9.59 Å². The number of ether oxygens (including phenoxy) is 1. The maximum Gasteiger partial charge on any atom is 0.338 e. The lowest BCUT2D eigenvalue weighted by atomic mass is 10.2. The lowest BCUT2D eigenvalue weighted by Crippen LogP contribution is -2.30. The Balaban J connectivity index is 1.99. The Hall–Kier alpha value is -3.35. The molecule has 1 N–H and O–H groups in total. The van der Waals surface area contributed by atoms with E-state index in [1.807, 2.05) is 30.5 Å². The van der Waals surface area contributed by atoms with Crippen LogP contribution in [0.5, 0.6) is 0 Å². The van der Waals surface area contributed by atoms with Gasteiger partial charge < -0.3 is 14.6 Å². The molecule has 28 heavy (non-hydrogen) atoms. The first-order valence-electron chi connectivity index (χ1n) is 9.18. The molecule has 0 saturated carbocycles. The van der Waals surface area contributed by atoms with E-state index in [0.29, 0.717) is 18.7 Å². The van der Waals surface area contributed by atoms with Gasteiger partial charge in [0.2, 0.25) is 0 Å². The van der Waals surface area contributed by atoms with Crippen molar-refractivity contribution in [3.63, 3.8) is 0 Å². The zero-order chi connectivity index (χ0) is 20.4. The number of nitrogens with zero attached hydrogens (tertiary/aromatic N) is 2. The molecule has 2 aromatic rings. The van der Waals surface area contributed by atoms with Gasteiger partial charge in [0.1, 0.15) is 5.70 Å². The fourth-order valence-corrected chi connectivity index (χ4v) is 3.33. The second-order valence-electron chi connectivity index (χ2n) is 6.47. The van der Waals surface area contributed by atoms with E-state index in [-0.39, 0.29) is 17.6 Å². The van der Waals surface area contributed by atoms with E-state index in [4.69, 9.17) is 4.74 Å². The molecule has 1 saturated heterocycles. The number of aryl methyl sites for hydroxylation is 1. The van der Waals surface area contributed by atoms with E-state index in [1.54, 1.807) is 38.1 Å². The number of benzene rings is 1. The van der Waals surface area contributed by atoms with Gasteiger partial charge in [0.15, 0.2) is 0 Å². The van der Waals surface area contributed by atoms with Gasteiger partial charge in [0.05, 0.1) is 12.2 Å². The first-order chi connectivity index (χ1) is 13.4. The molecule has 0 aliphatic carbocycles. The molecule has 3 amide bonds. The molecule has 0 spiro atoms. The Morgan fingerprint density at radius 1 is 1.18 bits per heavy atom. The third kappa shape index (κ3) is 3.43. The minimum atomic E-state index is -0.408. The molecule has 0 radical (unpaired) electrons. The Labute approximate surface area is 163 Å². The average molecular weight is 381 g/mol. The smallest absolute Gasteiger partial charge is 0.338 e. The van der Waals surface area contributed by atoms with E-state index in [0.717, 1.165) is 27.5 Å². The number of amides is 3. The van der Waals surface area contributed by atoms with Crippen LogP contribution >= 0.6 is 0 Å². The van der Waals surface area contributed by atoms with Crippen LogP contribution in [0.1, 0.15) is 41.2 Å². The molecule has 7 heteroatoms. The van der Waals surface area contributed by atoms with Crippen molar-refractivity contribution in [3.05, 3.63) is 58.5 Å². The number of nitrogens with one attached hydrogen (secondary N) is 1. The Bertz CT molecular complexity index is 988. The highest BCUT2D eigenvalue weighted by Gasteiger charge is 2.32. The Kier molecular flexibility index (Phi) is 5.35. The standard InChI is InChI=1S/C21H23N3O4/c1-5-23-19(25)18(22-21(23)27)12-16-10-13(3)24(14(16)4)17-9-7-8-15(11-17)20(26)28-6-2/h7-12H,5-6H2,1-4H3,(H,22,27)/b18-12+. The number of likely N-dealkylation sites (N-methyl/N-ethyl adjacent to an activating group) is 1. The van der Waals surface area contributed by atoms with Crippen molar-refractivity contribution in [2.24, 2.45) is 0 Å². The zero-order valence-corrected chi connectivity index (χ0v) is 16.4. The van der Waals surface area contributed by atoms with E-state index in [9.17, 15) is 14.4 Å². The fourth-order valence-electron chi connectivity index (χ4n) is 3.33. The number of hydrogen-bond donors (Lipinski definition) is 1. The second-order valence-corrected chi connectivity index (χ2v) is 6.47. The Morgan fingerprint density at radius 3 is 2.57 bits per heavy atom. The van der Waals surface area contributed by atoms with Crippen LogP contribution in [-0.4, -0.2) is 40.5 Å². The molecule has 0 bridgehead atoms.